The number of carboxylic acids is 1. The van der Waals surface area contributed by atoms with Crippen molar-refractivity contribution < 1.29 is 32.5 Å². The molecule has 5 rings (SSSR count). The van der Waals surface area contributed by atoms with Crippen molar-refractivity contribution in [2.45, 2.75) is 50.7 Å². The molecule has 1 aromatic heterocycles. The van der Waals surface area contributed by atoms with Crippen LogP contribution in [0.3, 0.4) is 0 Å². The Morgan fingerprint density at radius 1 is 1.10 bits per heavy atom. The molecule has 2 fully saturated rings. The molecule has 1 N–H and O–H groups in total. The van der Waals surface area contributed by atoms with Gasteiger partial charge in [-0.2, -0.15) is 31.8 Å². The van der Waals surface area contributed by atoms with Crippen LogP contribution in [0.25, 0.3) is 11.1 Å². The van der Waals surface area contributed by atoms with Gasteiger partial charge in [-0.25, -0.2) is 0 Å². The topological polar surface area (TPSA) is 76.8 Å². The van der Waals surface area contributed by atoms with Gasteiger partial charge in [-0.1, -0.05) is 12.1 Å². The van der Waals surface area contributed by atoms with E-state index in [2.05, 4.69) is 10.00 Å². The van der Waals surface area contributed by atoms with Crippen molar-refractivity contribution in [1.82, 2.24) is 9.78 Å². The van der Waals surface area contributed by atoms with Gasteiger partial charge in [-0.15, -0.1) is 0 Å². The number of alkyl halides is 3. The number of halogens is 3. The van der Waals surface area contributed by atoms with E-state index in [0.717, 1.165) is 66.0 Å². The van der Waals surface area contributed by atoms with E-state index < -0.39 is 18.7 Å². The lowest BCUT2D eigenvalue weighted by atomic mass is 9.91. The van der Waals surface area contributed by atoms with Crippen LogP contribution in [-0.2, 0) is 11.3 Å². The van der Waals surface area contributed by atoms with E-state index in [1.54, 1.807) is 13.2 Å². The van der Waals surface area contributed by atoms with Gasteiger partial charge in [0.25, 0.3) is 0 Å². The molecule has 2 heterocycles. The van der Waals surface area contributed by atoms with Crippen molar-refractivity contribution in [2.75, 3.05) is 31.7 Å². The van der Waals surface area contributed by atoms with E-state index in [9.17, 15) is 23.1 Å². The van der Waals surface area contributed by atoms with Crippen LogP contribution in [0.1, 0.15) is 43.6 Å². The number of benzene rings is 2. The highest BCUT2D eigenvalue weighted by atomic mass is 32.1. The van der Waals surface area contributed by atoms with Crippen LogP contribution in [0.4, 0.5) is 18.9 Å². The zero-order valence-electron chi connectivity index (χ0n) is 22.9. The summed E-state index contributed by atoms with van der Waals surface area (Å²) in [5.74, 6) is 1.49. The molecule has 0 amide bonds. The molecule has 41 heavy (non-hydrogen) atoms. The summed E-state index contributed by atoms with van der Waals surface area (Å²) in [5.41, 5.74) is 3.37. The standard InChI is InChI=1S/C30H34F3N3O4.H2S/c1-39-24-7-8-26(23-16-34-36(17-23)19-30(31,32)33)28(14-24)35-11-9-20(10-12-35)18-40-25-4-2-3-22(13-25)27(15-29(37)38)21-5-6-21;/h2-4,7-8,13-14,16-17,20-21,27H,5-6,9-12,15,18-19H2,1H3,(H,37,38);1H2/t27-;/m0./s1. The highest BCUT2D eigenvalue weighted by molar-refractivity contribution is 7.59. The van der Waals surface area contributed by atoms with Gasteiger partial charge in [-0.3, -0.25) is 9.48 Å². The number of aromatic nitrogens is 2. The number of nitrogens with zero attached hydrogens (tertiary/aromatic N) is 3. The first-order valence-electron chi connectivity index (χ1n) is 13.7. The second-order valence-corrected chi connectivity index (χ2v) is 10.8. The number of ether oxygens (including phenoxy) is 2. The van der Waals surface area contributed by atoms with E-state index >= 15 is 0 Å². The first-order valence-corrected chi connectivity index (χ1v) is 13.7. The smallest absolute Gasteiger partial charge is 0.408 e. The summed E-state index contributed by atoms with van der Waals surface area (Å²) in [6.45, 7) is 0.980. The Labute approximate surface area is 244 Å². The zero-order chi connectivity index (χ0) is 28.3. The number of hydrogen-bond donors (Lipinski definition) is 1. The Morgan fingerprint density at radius 3 is 2.51 bits per heavy atom. The molecule has 0 radical (unpaired) electrons. The van der Waals surface area contributed by atoms with E-state index in [0.29, 0.717) is 29.8 Å². The first-order chi connectivity index (χ1) is 19.2. The minimum atomic E-state index is -4.34. The number of anilines is 1. The summed E-state index contributed by atoms with van der Waals surface area (Å²) in [7, 11) is 1.59. The van der Waals surface area contributed by atoms with Gasteiger partial charge >= 0.3 is 12.1 Å². The largest absolute Gasteiger partial charge is 0.497 e. The second-order valence-electron chi connectivity index (χ2n) is 10.8. The van der Waals surface area contributed by atoms with Crippen molar-refractivity contribution in [2.24, 2.45) is 11.8 Å². The van der Waals surface area contributed by atoms with Crippen molar-refractivity contribution in [1.29, 1.82) is 0 Å². The van der Waals surface area contributed by atoms with Crippen LogP contribution >= 0.6 is 13.5 Å². The predicted molar refractivity (Wildman–Crippen MR) is 155 cm³/mol. The third kappa shape index (κ3) is 8.12. The fraction of sp³-hybridized carbons (Fsp3) is 0.467. The predicted octanol–water partition coefficient (Wildman–Crippen LogP) is 6.50. The molecular weight excluding hydrogens is 555 g/mol. The van der Waals surface area contributed by atoms with Gasteiger partial charge in [-0.05, 0) is 73.3 Å². The lowest BCUT2D eigenvalue weighted by Crippen LogP contribution is -2.35. The number of piperidine rings is 1. The summed E-state index contributed by atoms with van der Waals surface area (Å²) in [6, 6.07) is 13.4. The molecule has 2 aliphatic rings. The Kier molecular flexibility index (Phi) is 9.78. The third-order valence-corrected chi connectivity index (χ3v) is 7.80. The first kappa shape index (κ1) is 30.6. The zero-order valence-corrected chi connectivity index (χ0v) is 23.9. The van der Waals surface area contributed by atoms with Crippen molar-refractivity contribution >= 4 is 25.2 Å². The molecule has 3 aromatic rings. The monoisotopic (exact) mass is 591 g/mol. The maximum Gasteiger partial charge on any atom is 0.408 e. The lowest BCUT2D eigenvalue weighted by molar-refractivity contribution is -0.142. The average Bonchev–Trinajstić information content (AvgIpc) is 3.68. The minimum Gasteiger partial charge on any atom is -0.497 e. The van der Waals surface area contributed by atoms with Gasteiger partial charge in [0.1, 0.15) is 18.0 Å². The fourth-order valence-electron chi connectivity index (χ4n) is 5.55. The van der Waals surface area contributed by atoms with E-state index in [-0.39, 0.29) is 25.8 Å². The van der Waals surface area contributed by atoms with Crippen LogP contribution in [0.2, 0.25) is 0 Å². The summed E-state index contributed by atoms with van der Waals surface area (Å²) >= 11 is 0. The summed E-state index contributed by atoms with van der Waals surface area (Å²) in [5, 5.41) is 13.3. The third-order valence-electron chi connectivity index (χ3n) is 7.80. The molecule has 1 saturated heterocycles. The Hall–Kier alpha value is -3.34. The quantitative estimate of drug-likeness (QED) is 0.275. The van der Waals surface area contributed by atoms with Crippen LogP contribution in [0.5, 0.6) is 11.5 Å². The highest BCUT2D eigenvalue weighted by Crippen LogP contribution is 2.45. The van der Waals surface area contributed by atoms with E-state index in [1.165, 1.54) is 12.4 Å². The van der Waals surface area contributed by atoms with Crippen LogP contribution in [0, 0.1) is 11.8 Å². The Balaban J connectivity index is 0.00000387. The summed E-state index contributed by atoms with van der Waals surface area (Å²) in [6.07, 6.45) is 2.64. The normalized spacial score (nSPS) is 16.6. The van der Waals surface area contributed by atoms with Gasteiger partial charge < -0.3 is 19.5 Å². The number of rotatable bonds is 11. The van der Waals surface area contributed by atoms with Gasteiger partial charge in [0.2, 0.25) is 0 Å². The molecule has 0 unspecified atom stereocenters. The molecule has 1 aliphatic heterocycles. The Morgan fingerprint density at radius 2 is 1.85 bits per heavy atom. The van der Waals surface area contributed by atoms with E-state index in [1.807, 2.05) is 36.4 Å². The fourth-order valence-corrected chi connectivity index (χ4v) is 5.55. The van der Waals surface area contributed by atoms with Crippen LogP contribution in [0.15, 0.2) is 54.9 Å². The number of hydrogen-bond acceptors (Lipinski definition) is 5. The molecule has 1 aliphatic carbocycles. The van der Waals surface area contributed by atoms with E-state index in [4.69, 9.17) is 9.47 Å². The second kappa shape index (κ2) is 13.1. The van der Waals surface area contributed by atoms with Crippen molar-refractivity contribution in [3.63, 3.8) is 0 Å². The molecule has 1 saturated carbocycles. The number of aliphatic carboxylic acids is 1. The molecule has 0 bridgehead atoms. The number of carbonyl (C=O) groups is 1. The van der Waals surface area contributed by atoms with Gasteiger partial charge in [0.15, 0.2) is 0 Å². The SMILES string of the molecule is COc1ccc(-c2cnn(CC(F)(F)F)c2)c(N2CCC(COc3cccc([C@@H](CC(=O)O)C4CC4)c3)CC2)c1.S. The maximum absolute atomic E-state index is 12.8. The van der Waals surface area contributed by atoms with Gasteiger partial charge in [0, 0.05) is 42.2 Å². The van der Waals surface area contributed by atoms with Crippen molar-refractivity contribution in [3.8, 4) is 22.6 Å². The maximum atomic E-state index is 12.8. The number of methoxy groups -OCH3 is 1. The summed E-state index contributed by atoms with van der Waals surface area (Å²) in [4.78, 5) is 13.6. The summed E-state index contributed by atoms with van der Waals surface area (Å²) < 4.78 is 51.1. The molecule has 0 spiro atoms. The Bertz CT molecular complexity index is 1320. The molecule has 7 nitrogen and oxygen atoms in total. The molecule has 11 heteroatoms. The average molecular weight is 592 g/mol. The molecule has 1 atom stereocenters. The van der Waals surface area contributed by atoms with Crippen LogP contribution in [-0.4, -0.2) is 53.8 Å². The highest BCUT2D eigenvalue weighted by Gasteiger charge is 2.34. The number of carboxylic acid groups (broad SMARTS) is 1. The molecular formula is C30H36F3N3O4S. The van der Waals surface area contributed by atoms with Crippen molar-refractivity contribution in [3.05, 3.63) is 60.4 Å². The molecule has 222 valence electrons. The van der Waals surface area contributed by atoms with Gasteiger partial charge in [0.05, 0.1) is 26.3 Å². The van der Waals surface area contributed by atoms with Crippen LogP contribution < -0.4 is 14.4 Å². The molecule has 2 aromatic carbocycles. The lowest BCUT2D eigenvalue weighted by Gasteiger charge is -2.34. The minimum absolute atomic E-state index is 0.